The lowest BCUT2D eigenvalue weighted by atomic mass is 10.1. The van der Waals surface area contributed by atoms with Crippen molar-refractivity contribution in [3.63, 3.8) is 0 Å². The zero-order valence-corrected chi connectivity index (χ0v) is 16.3. The van der Waals surface area contributed by atoms with Crippen molar-refractivity contribution in [3.8, 4) is 5.75 Å². The smallest absolute Gasteiger partial charge is 0.272 e. The Labute approximate surface area is 165 Å². The van der Waals surface area contributed by atoms with Crippen LogP contribution in [0.1, 0.15) is 34.9 Å². The van der Waals surface area contributed by atoms with Crippen LogP contribution in [0.25, 0.3) is 0 Å². The van der Waals surface area contributed by atoms with Crippen LogP contribution in [0.3, 0.4) is 0 Å². The van der Waals surface area contributed by atoms with Gasteiger partial charge in [0.1, 0.15) is 18.1 Å². The van der Waals surface area contributed by atoms with E-state index in [1.54, 1.807) is 13.2 Å². The average Bonchev–Trinajstić information content (AvgIpc) is 3.18. The fourth-order valence-electron chi connectivity index (χ4n) is 2.94. The predicted molar refractivity (Wildman–Crippen MR) is 106 cm³/mol. The number of benzene rings is 1. The van der Waals surface area contributed by atoms with E-state index in [0.29, 0.717) is 31.5 Å². The summed E-state index contributed by atoms with van der Waals surface area (Å²) in [6, 6.07) is 9.76. The number of piperidine rings is 1. The Hall–Kier alpha value is -2.09. The van der Waals surface area contributed by atoms with Crippen molar-refractivity contribution in [1.82, 2.24) is 20.4 Å². The molecule has 1 atom stereocenters. The average molecular weight is 395 g/mol. The Morgan fingerprint density at radius 3 is 2.81 bits per heavy atom. The molecule has 1 unspecified atom stereocenters. The molecule has 3 rings (SSSR count). The van der Waals surface area contributed by atoms with Crippen molar-refractivity contribution >= 4 is 18.3 Å². The zero-order valence-electron chi connectivity index (χ0n) is 15.5. The van der Waals surface area contributed by atoms with Crippen LogP contribution in [-0.2, 0) is 11.3 Å². The Balaban J connectivity index is 0.00000261. The van der Waals surface area contributed by atoms with Gasteiger partial charge in [-0.3, -0.25) is 9.48 Å². The van der Waals surface area contributed by atoms with Crippen LogP contribution >= 0.6 is 12.4 Å². The van der Waals surface area contributed by atoms with Crippen molar-refractivity contribution in [3.05, 3.63) is 47.8 Å². The highest BCUT2D eigenvalue weighted by Crippen LogP contribution is 2.16. The number of amides is 1. The number of aromatic nitrogens is 2. The molecule has 7 nitrogen and oxygen atoms in total. The van der Waals surface area contributed by atoms with Crippen molar-refractivity contribution in [2.24, 2.45) is 0 Å². The van der Waals surface area contributed by atoms with Crippen LogP contribution < -0.4 is 15.4 Å². The second-order valence-electron chi connectivity index (χ2n) is 6.35. The molecule has 0 bridgehead atoms. The van der Waals surface area contributed by atoms with Gasteiger partial charge >= 0.3 is 0 Å². The fourth-order valence-corrected chi connectivity index (χ4v) is 2.94. The third-order valence-corrected chi connectivity index (χ3v) is 4.42. The van der Waals surface area contributed by atoms with Crippen molar-refractivity contribution in [1.29, 1.82) is 0 Å². The third-order valence-electron chi connectivity index (χ3n) is 4.42. The molecule has 2 aromatic rings. The van der Waals surface area contributed by atoms with Gasteiger partial charge in [0.05, 0.1) is 12.6 Å². The molecule has 0 saturated carbocycles. The number of nitrogens with one attached hydrogen (secondary N) is 2. The minimum atomic E-state index is -0.159. The molecule has 0 spiro atoms. The SMILES string of the molecule is COCCOc1ccc(CNC(=O)c2ccn(C3CCCNC3)n2)cc1.Cl. The van der Waals surface area contributed by atoms with Crippen LogP contribution in [0, 0.1) is 0 Å². The quantitative estimate of drug-likeness (QED) is 0.671. The van der Waals surface area contributed by atoms with Gasteiger partial charge < -0.3 is 20.1 Å². The summed E-state index contributed by atoms with van der Waals surface area (Å²) in [5.74, 6) is 0.630. The summed E-state index contributed by atoms with van der Waals surface area (Å²) in [7, 11) is 1.64. The van der Waals surface area contributed by atoms with Crippen molar-refractivity contribution < 1.29 is 14.3 Å². The Kier molecular flexibility index (Phi) is 8.57. The van der Waals surface area contributed by atoms with Gasteiger partial charge in [0.25, 0.3) is 5.91 Å². The summed E-state index contributed by atoms with van der Waals surface area (Å²) in [6.07, 6.45) is 4.12. The number of carbonyl (C=O) groups is 1. The molecule has 1 aliphatic rings. The van der Waals surface area contributed by atoms with Gasteiger partial charge in [-0.25, -0.2) is 0 Å². The van der Waals surface area contributed by atoms with Crippen LogP contribution in [0.2, 0.25) is 0 Å². The highest BCUT2D eigenvalue weighted by atomic mass is 35.5. The molecule has 1 fully saturated rings. The first kappa shape index (κ1) is 21.2. The van der Waals surface area contributed by atoms with E-state index >= 15 is 0 Å². The maximum Gasteiger partial charge on any atom is 0.272 e. The summed E-state index contributed by atoms with van der Waals surface area (Å²) in [5.41, 5.74) is 1.46. The van der Waals surface area contributed by atoms with Crippen LogP contribution in [-0.4, -0.2) is 49.1 Å². The summed E-state index contributed by atoms with van der Waals surface area (Å²) >= 11 is 0. The van der Waals surface area contributed by atoms with E-state index in [0.717, 1.165) is 37.2 Å². The molecule has 2 heterocycles. The lowest BCUT2D eigenvalue weighted by molar-refractivity contribution is 0.0944. The summed E-state index contributed by atoms with van der Waals surface area (Å²) in [4.78, 5) is 12.3. The molecule has 0 radical (unpaired) electrons. The highest BCUT2D eigenvalue weighted by molar-refractivity contribution is 5.92. The summed E-state index contributed by atoms with van der Waals surface area (Å²) < 4.78 is 12.4. The van der Waals surface area contributed by atoms with Gasteiger partial charge in [-0.2, -0.15) is 5.10 Å². The lowest BCUT2D eigenvalue weighted by Gasteiger charge is -2.22. The number of methoxy groups -OCH3 is 1. The largest absolute Gasteiger partial charge is 0.491 e. The summed E-state index contributed by atoms with van der Waals surface area (Å²) in [5, 5.41) is 10.7. The molecule has 2 N–H and O–H groups in total. The van der Waals surface area contributed by atoms with Gasteiger partial charge in [0.2, 0.25) is 0 Å². The minimum Gasteiger partial charge on any atom is -0.491 e. The number of nitrogens with zero attached hydrogens (tertiary/aromatic N) is 2. The van der Waals surface area contributed by atoms with Crippen LogP contribution in [0.4, 0.5) is 0 Å². The number of halogens is 1. The number of hydrogen-bond acceptors (Lipinski definition) is 5. The lowest BCUT2D eigenvalue weighted by Crippen LogP contribution is -2.32. The summed E-state index contributed by atoms with van der Waals surface area (Å²) in [6.45, 7) is 3.49. The second kappa shape index (κ2) is 10.9. The Morgan fingerprint density at radius 2 is 2.11 bits per heavy atom. The number of carbonyl (C=O) groups excluding carboxylic acids is 1. The number of hydrogen-bond donors (Lipinski definition) is 2. The van der Waals surface area contributed by atoms with E-state index in [-0.39, 0.29) is 18.3 Å². The molecule has 1 aliphatic heterocycles. The topological polar surface area (TPSA) is 77.4 Å². The molecule has 8 heteroatoms. The molecule has 1 aromatic carbocycles. The molecule has 1 aromatic heterocycles. The van der Waals surface area contributed by atoms with E-state index in [2.05, 4.69) is 15.7 Å². The number of rotatable bonds is 8. The highest BCUT2D eigenvalue weighted by Gasteiger charge is 2.17. The van der Waals surface area contributed by atoms with Gasteiger partial charge in [0, 0.05) is 26.4 Å². The van der Waals surface area contributed by atoms with Gasteiger partial charge in [-0.15, -0.1) is 12.4 Å². The first-order valence-electron chi connectivity index (χ1n) is 9.01. The van der Waals surface area contributed by atoms with Gasteiger partial charge in [0.15, 0.2) is 0 Å². The van der Waals surface area contributed by atoms with Gasteiger partial charge in [-0.05, 0) is 43.1 Å². The molecule has 1 saturated heterocycles. The molecule has 27 heavy (non-hydrogen) atoms. The molecule has 1 amide bonds. The first-order chi connectivity index (χ1) is 12.8. The Bertz CT molecular complexity index is 699. The van der Waals surface area contributed by atoms with E-state index in [9.17, 15) is 4.79 Å². The molecule has 148 valence electrons. The molecular formula is C19H27ClN4O3. The van der Waals surface area contributed by atoms with Crippen LogP contribution in [0.5, 0.6) is 5.75 Å². The first-order valence-corrected chi connectivity index (χ1v) is 9.01. The molecular weight excluding hydrogens is 368 g/mol. The normalized spacial score (nSPS) is 16.4. The maximum atomic E-state index is 12.3. The predicted octanol–water partition coefficient (Wildman–Crippen LogP) is 2.18. The molecule has 0 aliphatic carbocycles. The van der Waals surface area contributed by atoms with E-state index < -0.39 is 0 Å². The van der Waals surface area contributed by atoms with Crippen LogP contribution in [0.15, 0.2) is 36.5 Å². The second-order valence-corrected chi connectivity index (χ2v) is 6.35. The van der Waals surface area contributed by atoms with Crippen molar-refractivity contribution in [2.75, 3.05) is 33.4 Å². The maximum absolute atomic E-state index is 12.3. The zero-order chi connectivity index (χ0) is 18.2. The Morgan fingerprint density at radius 1 is 1.30 bits per heavy atom. The number of ether oxygens (including phenoxy) is 2. The monoisotopic (exact) mass is 394 g/mol. The van der Waals surface area contributed by atoms with E-state index in [4.69, 9.17) is 9.47 Å². The fraction of sp³-hybridized carbons (Fsp3) is 0.474. The minimum absolute atomic E-state index is 0. The van der Waals surface area contributed by atoms with E-state index in [1.165, 1.54) is 0 Å². The standard InChI is InChI=1S/C19H26N4O3.ClH/c1-25-11-12-26-17-6-4-15(5-7-17)13-21-19(24)18-8-10-23(22-18)16-3-2-9-20-14-16;/h4-8,10,16,20H,2-3,9,11-14H2,1H3,(H,21,24);1H. The van der Waals surface area contributed by atoms with E-state index in [1.807, 2.05) is 35.1 Å². The van der Waals surface area contributed by atoms with Crippen molar-refractivity contribution in [2.45, 2.75) is 25.4 Å². The van der Waals surface area contributed by atoms with Gasteiger partial charge in [-0.1, -0.05) is 12.1 Å². The third kappa shape index (κ3) is 6.23.